The maximum Gasteiger partial charge on any atom is 0.106 e. The van der Waals surface area contributed by atoms with Gasteiger partial charge in [-0.25, -0.2) is 0 Å². The molecule has 4 nitrogen and oxygen atoms in total. The summed E-state index contributed by atoms with van der Waals surface area (Å²) in [5.74, 6) is 6.61. The zero-order valence-electron chi connectivity index (χ0n) is 46.2. The van der Waals surface area contributed by atoms with E-state index in [0.29, 0.717) is 59.6 Å². The topological polar surface area (TPSA) is 27.9 Å². The molecule has 0 fully saturated rings. The van der Waals surface area contributed by atoms with Crippen molar-refractivity contribution in [2.45, 2.75) is 234 Å². The molecule has 0 radical (unpaired) electrons. The van der Waals surface area contributed by atoms with E-state index in [1.165, 1.54) is 35.5 Å². The Bertz CT molecular complexity index is 1940. The predicted octanol–water partition coefficient (Wildman–Crippen LogP) is 23.1. The van der Waals surface area contributed by atoms with Crippen molar-refractivity contribution in [1.29, 1.82) is 0 Å². The molecule has 0 aliphatic rings. The molecule has 7 heteroatoms. The van der Waals surface area contributed by atoms with E-state index in [9.17, 15) is 0 Å². The summed E-state index contributed by atoms with van der Waals surface area (Å²) in [7, 11) is 0. The standard InChI is InChI=1S/C10H17N.C10H16O.C10H16S.C8H13N.C8H12S.C7H11N.C7H10S.3CH4/c1-8(2)10-5-6-11(7-10)9(3)4;2*1-7(2)9-5-6-10(11-9)8(3)4;1-7(2)9-5-4-8(3)6-9;1-6(2)8-5-4-7(3)9-8;1-7(2)8-5-3-4-6-8;1-6(2)7-4-3-5-8-7;;;/h5-9H,1-4H3;2*5-8H,1-4H3;4-7H,1-3H3;4-6H,1-3H3;3-7H,1-2H3;3-6H,1-2H3;3*1H4. The van der Waals surface area contributed by atoms with Gasteiger partial charge in [-0.3, -0.25) is 0 Å². The van der Waals surface area contributed by atoms with Crippen LogP contribution in [0.5, 0.6) is 0 Å². The van der Waals surface area contributed by atoms with Crippen LogP contribution < -0.4 is 0 Å². The molecule has 0 aliphatic heterocycles. The Balaban J connectivity index is -0.000000745. The Morgan fingerprint density at radius 1 is 0.371 bits per heavy atom. The minimum atomic E-state index is 0. The maximum atomic E-state index is 5.61. The highest BCUT2D eigenvalue weighted by Crippen LogP contribution is 2.29. The zero-order chi connectivity index (χ0) is 51.0. The normalized spacial score (nSPS) is 10.5. The molecular formula is C63H107N3OS3. The smallest absolute Gasteiger partial charge is 0.106 e. The summed E-state index contributed by atoms with van der Waals surface area (Å²) in [6.45, 7) is 48.2. The summed E-state index contributed by atoms with van der Waals surface area (Å²) in [6.07, 6.45) is 12.8. The summed E-state index contributed by atoms with van der Waals surface area (Å²) in [5, 5.41) is 2.12. The highest BCUT2D eigenvalue weighted by molar-refractivity contribution is 7.12. The van der Waals surface area contributed by atoms with Crippen molar-refractivity contribution in [2.24, 2.45) is 0 Å². The first-order chi connectivity index (χ1) is 31.3. The molecule has 0 bridgehead atoms. The van der Waals surface area contributed by atoms with E-state index in [1.807, 2.05) is 46.1 Å². The molecule has 0 saturated heterocycles. The summed E-state index contributed by atoms with van der Waals surface area (Å²) >= 11 is 5.68. The van der Waals surface area contributed by atoms with Crippen LogP contribution in [0.2, 0.25) is 0 Å². The molecule has 0 N–H and O–H groups in total. The second kappa shape index (κ2) is 37.0. The van der Waals surface area contributed by atoms with E-state index in [2.05, 4.69) is 269 Å². The maximum absolute atomic E-state index is 5.61. The fourth-order valence-electron chi connectivity index (χ4n) is 5.99. The van der Waals surface area contributed by atoms with Gasteiger partial charge < -0.3 is 18.1 Å². The molecule has 0 amide bonds. The van der Waals surface area contributed by atoms with Gasteiger partial charge >= 0.3 is 0 Å². The number of aromatic nitrogens is 3. The summed E-state index contributed by atoms with van der Waals surface area (Å²) in [5.41, 5.74) is 2.77. The molecule has 0 unspecified atom stereocenters. The quantitative estimate of drug-likeness (QED) is 0.134. The molecule has 70 heavy (non-hydrogen) atoms. The molecule has 7 rings (SSSR count). The van der Waals surface area contributed by atoms with Gasteiger partial charge in [0.15, 0.2) is 0 Å². The third-order valence-electron chi connectivity index (χ3n) is 10.7. The third-order valence-corrected chi connectivity index (χ3v) is 14.9. The fourth-order valence-corrected chi connectivity index (χ4v) is 8.63. The number of hydrogen-bond donors (Lipinski definition) is 0. The van der Waals surface area contributed by atoms with Gasteiger partial charge in [-0.15, -0.1) is 34.0 Å². The second-order valence-corrected chi connectivity index (χ2v) is 23.9. The largest absolute Gasteiger partial charge is 0.466 e. The minimum Gasteiger partial charge on any atom is -0.466 e. The average Bonchev–Trinajstić information content (AvgIpc) is 4.11. The van der Waals surface area contributed by atoms with Crippen molar-refractivity contribution in [1.82, 2.24) is 13.7 Å². The zero-order valence-corrected chi connectivity index (χ0v) is 48.7. The van der Waals surface area contributed by atoms with Crippen molar-refractivity contribution in [2.75, 3.05) is 0 Å². The lowest BCUT2D eigenvalue weighted by Gasteiger charge is -2.06. The van der Waals surface area contributed by atoms with Crippen LogP contribution in [0.3, 0.4) is 0 Å². The number of nitrogens with zero attached hydrogens (tertiary/aromatic N) is 3. The molecular weight excluding hydrogens is 911 g/mol. The van der Waals surface area contributed by atoms with Crippen molar-refractivity contribution in [3.63, 3.8) is 0 Å². The first-order valence-electron chi connectivity index (χ1n) is 25.1. The molecule has 7 aromatic heterocycles. The lowest BCUT2D eigenvalue weighted by molar-refractivity contribution is 0.432. The molecule has 0 aliphatic carbocycles. The molecule has 0 atom stereocenters. The van der Waals surface area contributed by atoms with Gasteiger partial charge in [-0.2, -0.15) is 0 Å². The number of rotatable bonds is 10. The number of furan rings is 1. The second-order valence-electron chi connectivity index (χ2n) is 20.5. The van der Waals surface area contributed by atoms with Crippen molar-refractivity contribution < 1.29 is 4.42 Å². The van der Waals surface area contributed by atoms with Gasteiger partial charge in [-0.1, -0.05) is 125 Å². The van der Waals surface area contributed by atoms with Crippen LogP contribution in [0.1, 0.15) is 267 Å². The Labute approximate surface area is 446 Å². The fraction of sp³-hybridized carbons (Fsp3) is 0.556. The van der Waals surface area contributed by atoms with Crippen LogP contribution in [0.4, 0.5) is 0 Å². The molecule has 0 aromatic carbocycles. The highest BCUT2D eigenvalue weighted by atomic mass is 32.1. The molecule has 7 heterocycles. The van der Waals surface area contributed by atoms with Gasteiger partial charge in [0, 0.05) is 91.5 Å². The number of thiophene rings is 3. The Morgan fingerprint density at radius 3 is 1.00 bits per heavy atom. The lowest BCUT2D eigenvalue weighted by atomic mass is 10.1. The van der Waals surface area contributed by atoms with Crippen LogP contribution in [0.15, 0.2) is 120 Å². The first-order valence-corrected chi connectivity index (χ1v) is 27.6. The van der Waals surface area contributed by atoms with Crippen LogP contribution in [0.25, 0.3) is 0 Å². The Kier molecular flexibility index (Phi) is 37.3. The lowest BCUT2D eigenvalue weighted by Crippen LogP contribution is -1.96. The van der Waals surface area contributed by atoms with E-state index < -0.39 is 0 Å². The van der Waals surface area contributed by atoms with Crippen LogP contribution in [-0.2, 0) is 0 Å². The molecule has 398 valence electrons. The van der Waals surface area contributed by atoms with Crippen molar-refractivity contribution >= 4 is 34.0 Å². The molecule has 0 spiro atoms. The van der Waals surface area contributed by atoms with E-state index in [1.54, 1.807) is 0 Å². The van der Waals surface area contributed by atoms with Gasteiger partial charge in [0.25, 0.3) is 0 Å². The summed E-state index contributed by atoms with van der Waals surface area (Å²) in [6, 6.07) is 27.5. The highest BCUT2D eigenvalue weighted by Gasteiger charge is 2.08. The number of hydrogen-bond acceptors (Lipinski definition) is 4. The molecule has 7 aromatic rings. The SMILES string of the molecule is C.C.C.CC(C)c1ccc(C(C)C)o1.CC(C)c1ccc(C(C)C)s1.CC(C)c1cccs1.CC(C)c1ccn(C(C)C)c1.CC(C)n1cccc1.Cc1ccc(C(C)C)s1.Cc1ccn(C(C)C)c1. The van der Waals surface area contributed by atoms with E-state index in [-0.39, 0.29) is 22.3 Å². The van der Waals surface area contributed by atoms with Gasteiger partial charge in [0.05, 0.1) is 0 Å². The number of aryl methyl sites for hydroxylation is 2. The van der Waals surface area contributed by atoms with Gasteiger partial charge in [0.1, 0.15) is 11.5 Å². The van der Waals surface area contributed by atoms with E-state index in [4.69, 9.17) is 4.42 Å². The Hall–Kier alpha value is -3.78. The monoisotopic (exact) mass is 1020 g/mol. The minimum absolute atomic E-state index is 0. The van der Waals surface area contributed by atoms with Crippen LogP contribution >= 0.6 is 34.0 Å². The summed E-state index contributed by atoms with van der Waals surface area (Å²) in [4.78, 5) is 7.40. The first kappa shape index (κ1) is 70.5. The van der Waals surface area contributed by atoms with Gasteiger partial charge in [-0.05, 0) is 168 Å². The van der Waals surface area contributed by atoms with Crippen LogP contribution in [0, 0.1) is 13.8 Å². The van der Waals surface area contributed by atoms with Crippen LogP contribution in [-0.4, -0.2) is 13.7 Å². The predicted molar refractivity (Wildman–Crippen MR) is 324 cm³/mol. The average molecular weight is 1020 g/mol. The van der Waals surface area contributed by atoms with Crippen molar-refractivity contribution in [3.8, 4) is 0 Å². The van der Waals surface area contributed by atoms with E-state index in [0.717, 1.165) is 11.5 Å². The Morgan fingerprint density at radius 2 is 0.786 bits per heavy atom. The van der Waals surface area contributed by atoms with Gasteiger partial charge in [0.2, 0.25) is 0 Å². The third kappa shape index (κ3) is 28.3. The molecule has 0 saturated carbocycles. The summed E-state index contributed by atoms with van der Waals surface area (Å²) < 4.78 is 12.2. The van der Waals surface area contributed by atoms with Crippen molar-refractivity contribution in [3.05, 3.63) is 162 Å². The van der Waals surface area contributed by atoms with E-state index >= 15 is 0 Å².